The van der Waals surface area contributed by atoms with Gasteiger partial charge in [-0.1, -0.05) is 47.4 Å². The Morgan fingerprint density at radius 3 is 2.44 bits per heavy atom. The number of anilines is 2. The van der Waals surface area contributed by atoms with E-state index in [0.717, 1.165) is 38.5 Å². The molecule has 1 aliphatic heterocycles. The van der Waals surface area contributed by atoms with Crippen molar-refractivity contribution in [2.45, 2.75) is 39.8 Å². The fourth-order valence-corrected chi connectivity index (χ4v) is 5.89. The monoisotopic (exact) mass is 621 g/mol. The predicted molar refractivity (Wildman–Crippen MR) is 166 cm³/mol. The molecule has 0 aliphatic carbocycles. The summed E-state index contributed by atoms with van der Waals surface area (Å²) in [4.78, 5) is 19.1. The van der Waals surface area contributed by atoms with E-state index < -0.39 is 0 Å². The molecule has 0 saturated carbocycles. The predicted octanol–water partition coefficient (Wildman–Crippen LogP) is 7.68. The van der Waals surface area contributed by atoms with Crippen molar-refractivity contribution in [1.29, 1.82) is 0 Å². The molecule has 3 heterocycles. The fourth-order valence-electron chi connectivity index (χ4n) is 5.06. The molecule has 1 fully saturated rings. The minimum Gasteiger partial charge on any atom is -0.351 e. The van der Waals surface area contributed by atoms with Crippen LogP contribution in [0.4, 0.5) is 11.4 Å². The number of benzene rings is 2. The van der Waals surface area contributed by atoms with Gasteiger partial charge < -0.3 is 20.1 Å². The Hall–Kier alpha value is -3.20. The van der Waals surface area contributed by atoms with Crippen molar-refractivity contribution in [2.24, 2.45) is 5.92 Å². The third-order valence-electron chi connectivity index (χ3n) is 6.98. The first-order valence-electron chi connectivity index (χ1n) is 12.7. The molecule has 4 aromatic rings. The van der Waals surface area contributed by atoms with Crippen LogP contribution in [0.5, 0.6) is 0 Å². The minimum atomic E-state index is -0.185. The van der Waals surface area contributed by atoms with E-state index in [0.29, 0.717) is 15.8 Å². The van der Waals surface area contributed by atoms with Gasteiger partial charge in [-0.3, -0.25) is 9.78 Å². The normalized spacial score (nSPS) is 17.0. The molecule has 39 heavy (non-hydrogen) atoms. The first kappa shape index (κ1) is 27.4. The summed E-state index contributed by atoms with van der Waals surface area (Å²) in [5.74, 6) is -0.239. The maximum Gasteiger partial charge on any atom is 0.226 e. The zero-order valence-corrected chi connectivity index (χ0v) is 25.2. The van der Waals surface area contributed by atoms with Gasteiger partial charge in [0.25, 0.3) is 0 Å². The van der Waals surface area contributed by atoms with Crippen LogP contribution in [0.25, 0.3) is 5.69 Å². The largest absolute Gasteiger partial charge is 0.351 e. The Bertz CT molecular complexity index is 1540. The van der Waals surface area contributed by atoms with Gasteiger partial charge in [-0.05, 0) is 92.3 Å². The van der Waals surface area contributed by atoms with E-state index in [1.807, 2.05) is 62.4 Å². The van der Waals surface area contributed by atoms with Gasteiger partial charge in [0.2, 0.25) is 5.91 Å². The average Bonchev–Trinajstić information content (AvgIpc) is 3.41. The second-order valence-corrected chi connectivity index (χ2v) is 11.7. The summed E-state index contributed by atoms with van der Waals surface area (Å²) in [5, 5.41) is 7.45. The highest BCUT2D eigenvalue weighted by atomic mass is 79.9. The summed E-state index contributed by atoms with van der Waals surface area (Å²) in [6.07, 6.45) is 1.80. The summed E-state index contributed by atoms with van der Waals surface area (Å²) < 4.78 is 3.29. The number of aromatic nitrogens is 2. The molecule has 2 N–H and O–H groups in total. The van der Waals surface area contributed by atoms with Crippen LogP contribution in [0.15, 0.2) is 77.4 Å². The quantitative estimate of drug-likeness (QED) is 0.216. The van der Waals surface area contributed by atoms with E-state index >= 15 is 0 Å². The van der Waals surface area contributed by atoms with Gasteiger partial charge in [-0.25, -0.2) is 0 Å². The number of carbonyl (C=O) groups excluding carboxylic acids is 1. The second-order valence-electron chi connectivity index (χ2n) is 9.94. The van der Waals surface area contributed by atoms with Gasteiger partial charge in [0, 0.05) is 39.4 Å². The Morgan fingerprint density at radius 2 is 1.79 bits per heavy atom. The number of carbonyl (C=O) groups is 1. The third kappa shape index (κ3) is 5.33. The number of aryl methyl sites for hydroxylation is 1. The van der Waals surface area contributed by atoms with E-state index in [1.54, 1.807) is 6.20 Å². The van der Waals surface area contributed by atoms with E-state index in [2.05, 4.69) is 73.1 Å². The zero-order valence-electron chi connectivity index (χ0n) is 22.1. The first-order valence-corrected chi connectivity index (χ1v) is 14.3. The molecule has 2 aromatic carbocycles. The molecular weight excluding hydrogens is 594 g/mol. The van der Waals surface area contributed by atoms with Crippen LogP contribution >= 0.6 is 39.7 Å². The number of hydrogen-bond donors (Lipinski definition) is 2. The molecule has 1 aliphatic rings. The number of thiocarbonyl (C=S) groups is 1. The van der Waals surface area contributed by atoms with Crippen molar-refractivity contribution < 1.29 is 4.79 Å². The zero-order chi connectivity index (χ0) is 27.8. The summed E-state index contributed by atoms with van der Waals surface area (Å²) in [5.41, 5.74) is 6.75. The van der Waals surface area contributed by atoms with Gasteiger partial charge >= 0.3 is 0 Å². The van der Waals surface area contributed by atoms with Crippen LogP contribution in [0.1, 0.15) is 48.6 Å². The number of nitrogens with one attached hydrogen (secondary N) is 2. The Labute approximate surface area is 247 Å². The van der Waals surface area contributed by atoms with E-state index in [9.17, 15) is 4.79 Å². The van der Waals surface area contributed by atoms with Crippen molar-refractivity contribution in [3.05, 3.63) is 105 Å². The minimum absolute atomic E-state index is 0.0866. The highest BCUT2D eigenvalue weighted by Crippen LogP contribution is 2.44. The molecule has 1 saturated heterocycles. The van der Waals surface area contributed by atoms with Crippen molar-refractivity contribution >= 4 is 62.1 Å². The van der Waals surface area contributed by atoms with E-state index in [1.165, 1.54) is 0 Å². The summed E-state index contributed by atoms with van der Waals surface area (Å²) >= 11 is 16.1. The SMILES string of the molecule is Cc1cc([C@@H]2[C@H](c3ccccn3)NC(=S)N2c2ccc(NC(=O)C(C)C)c(Cl)c2)c(C)n1-c1ccc(Br)cc1. The number of amides is 1. The Morgan fingerprint density at radius 1 is 1.08 bits per heavy atom. The lowest BCUT2D eigenvalue weighted by atomic mass is 9.96. The van der Waals surface area contributed by atoms with Crippen molar-refractivity contribution in [3.63, 3.8) is 0 Å². The molecule has 200 valence electrons. The van der Waals surface area contributed by atoms with Gasteiger partial charge in [-0.15, -0.1) is 0 Å². The topological polar surface area (TPSA) is 62.2 Å². The Kier molecular flexibility index (Phi) is 7.80. The molecule has 0 radical (unpaired) electrons. The van der Waals surface area contributed by atoms with Crippen LogP contribution in [-0.2, 0) is 4.79 Å². The second kappa shape index (κ2) is 11.1. The smallest absolute Gasteiger partial charge is 0.226 e. The molecular formula is C30H29BrClN5OS. The molecule has 6 nitrogen and oxygen atoms in total. The number of pyridine rings is 1. The number of rotatable bonds is 6. The lowest BCUT2D eigenvalue weighted by Crippen LogP contribution is -2.29. The Balaban J connectivity index is 1.61. The summed E-state index contributed by atoms with van der Waals surface area (Å²) in [7, 11) is 0. The van der Waals surface area contributed by atoms with E-state index in [-0.39, 0.29) is 23.9 Å². The standard InChI is InChI=1S/C30H29BrClN5OS/c1-17(2)29(38)34-25-13-12-22(16-24(25)32)37-28(27(35-30(37)39)26-7-5-6-14-33-26)23-15-18(3)36(19(23)4)21-10-8-20(31)9-11-21/h5-17,27-28H,1-4H3,(H,34,38)(H,35,39)/t27-,28+/m0/s1. The number of halogens is 2. The molecule has 0 bridgehead atoms. The lowest BCUT2D eigenvalue weighted by Gasteiger charge is -2.28. The average molecular weight is 623 g/mol. The fraction of sp³-hybridized carbons (Fsp3) is 0.233. The van der Waals surface area contributed by atoms with Crippen molar-refractivity contribution in [1.82, 2.24) is 14.9 Å². The maximum atomic E-state index is 12.3. The maximum absolute atomic E-state index is 12.3. The molecule has 0 spiro atoms. The van der Waals surface area contributed by atoms with Crippen LogP contribution < -0.4 is 15.5 Å². The molecule has 2 aromatic heterocycles. The number of hydrogen-bond acceptors (Lipinski definition) is 3. The molecule has 1 amide bonds. The highest BCUT2D eigenvalue weighted by Gasteiger charge is 2.42. The molecule has 5 rings (SSSR count). The summed E-state index contributed by atoms with van der Waals surface area (Å²) in [6.45, 7) is 7.94. The molecule has 9 heteroatoms. The highest BCUT2D eigenvalue weighted by molar-refractivity contribution is 9.10. The molecule has 0 unspecified atom stereocenters. The van der Waals surface area contributed by atoms with Crippen LogP contribution in [-0.4, -0.2) is 20.6 Å². The first-order chi connectivity index (χ1) is 18.7. The summed E-state index contributed by atoms with van der Waals surface area (Å²) in [6, 6.07) is 21.7. The van der Waals surface area contributed by atoms with Gasteiger partial charge in [0.05, 0.1) is 28.5 Å². The third-order valence-corrected chi connectivity index (χ3v) is 8.14. The lowest BCUT2D eigenvalue weighted by molar-refractivity contribution is -0.118. The molecule has 2 atom stereocenters. The van der Waals surface area contributed by atoms with Gasteiger partial charge in [0.1, 0.15) is 0 Å². The van der Waals surface area contributed by atoms with Gasteiger partial charge in [-0.2, -0.15) is 0 Å². The van der Waals surface area contributed by atoms with Crippen LogP contribution in [0.3, 0.4) is 0 Å². The van der Waals surface area contributed by atoms with Gasteiger partial charge in [0.15, 0.2) is 5.11 Å². The number of nitrogens with zero attached hydrogens (tertiary/aromatic N) is 3. The van der Waals surface area contributed by atoms with E-state index in [4.69, 9.17) is 23.8 Å². The van der Waals surface area contributed by atoms with Crippen LogP contribution in [0, 0.1) is 19.8 Å². The van der Waals surface area contributed by atoms with Crippen molar-refractivity contribution in [3.8, 4) is 5.69 Å². The van der Waals surface area contributed by atoms with Crippen molar-refractivity contribution in [2.75, 3.05) is 10.2 Å². The van der Waals surface area contributed by atoms with Crippen LogP contribution in [0.2, 0.25) is 5.02 Å².